The highest BCUT2D eigenvalue weighted by Gasteiger charge is 2.60. The highest BCUT2D eigenvalue weighted by atomic mass is 35.5. The number of aromatic nitrogens is 4. The summed E-state index contributed by atoms with van der Waals surface area (Å²) in [6.45, 7) is 14.8. The van der Waals surface area contributed by atoms with Crippen LogP contribution in [0, 0.1) is 68.6 Å². The Morgan fingerprint density at radius 2 is 1.07 bits per heavy atom. The molecule has 2 saturated carbocycles. The number of nitrogens with one attached hydrogen (secondary N) is 5. The summed E-state index contributed by atoms with van der Waals surface area (Å²) in [5.41, 5.74) is 9.71. The van der Waals surface area contributed by atoms with Gasteiger partial charge >= 0.3 is 12.1 Å². The third-order valence-electron chi connectivity index (χ3n) is 18.5. The van der Waals surface area contributed by atoms with E-state index in [1.165, 1.54) is 11.8 Å². The monoisotopic (exact) mass is 1380 g/mol. The second-order valence-electron chi connectivity index (χ2n) is 24.6. The van der Waals surface area contributed by atoms with Crippen molar-refractivity contribution in [3.63, 3.8) is 0 Å². The molecule has 0 bridgehead atoms. The van der Waals surface area contributed by atoms with Gasteiger partial charge in [0.15, 0.2) is 5.54 Å². The Morgan fingerprint density at radius 1 is 0.660 bits per heavy atom. The van der Waals surface area contributed by atoms with E-state index < -0.39 is 52.5 Å². The molecule has 15 nitrogen and oxygen atoms in total. The molecule has 26 heteroatoms. The van der Waals surface area contributed by atoms with Crippen molar-refractivity contribution in [1.29, 1.82) is 0 Å². The number of rotatable bonds is 16. The highest BCUT2D eigenvalue weighted by molar-refractivity contribution is 7.98. The Morgan fingerprint density at radius 3 is 1.50 bits per heavy atom. The molecular formula is C68H87ClF8N8O7S2. The van der Waals surface area contributed by atoms with Crippen LogP contribution in [0.3, 0.4) is 0 Å². The lowest BCUT2D eigenvalue weighted by Crippen LogP contribution is -2.71. The minimum Gasteiger partial charge on any atom is -0.416 e. The maximum absolute atomic E-state index is 14.2. The average Bonchev–Trinajstić information content (AvgIpc) is 1.55. The van der Waals surface area contributed by atoms with Crippen LogP contribution in [0.5, 0.6) is 5.75 Å². The number of thioether (sulfide) groups is 2. The quantitative estimate of drug-likeness (QED) is 0.0134. The number of pyridine rings is 2. The predicted molar refractivity (Wildman–Crippen MR) is 357 cm³/mol. The van der Waals surface area contributed by atoms with Gasteiger partial charge < -0.3 is 49.7 Å². The van der Waals surface area contributed by atoms with Crippen molar-refractivity contribution >= 4 is 69.6 Å². The average molecular weight is 1380 g/mol. The van der Waals surface area contributed by atoms with Gasteiger partial charge in [0.25, 0.3) is 17.0 Å². The van der Waals surface area contributed by atoms with E-state index in [9.17, 15) is 54.3 Å². The number of carbonyl (C=O) groups is 2. The topological polar surface area (TPSA) is 200 Å². The Kier molecular flexibility index (Phi) is 26.0. The van der Waals surface area contributed by atoms with Crippen LogP contribution in [0.4, 0.5) is 35.1 Å². The number of nitrogens with two attached hydrogens (primary N) is 1. The number of benzene rings is 3. The zero-order valence-electron chi connectivity index (χ0n) is 52.7. The fourth-order valence-electron chi connectivity index (χ4n) is 13.5. The summed E-state index contributed by atoms with van der Waals surface area (Å²) in [7, 11) is 0. The number of aromatic amines is 2. The second-order valence-corrected chi connectivity index (χ2v) is 26.3. The van der Waals surface area contributed by atoms with Gasteiger partial charge in [0, 0.05) is 103 Å². The molecule has 7 aromatic rings. The van der Waals surface area contributed by atoms with Crippen molar-refractivity contribution in [1.82, 2.24) is 35.1 Å². The first-order valence-electron chi connectivity index (χ1n) is 30.4. The van der Waals surface area contributed by atoms with Gasteiger partial charge in [-0.25, -0.2) is 18.0 Å². The molecular weight excluding hydrogens is 1290 g/mol. The molecule has 4 aliphatic rings. The van der Waals surface area contributed by atoms with Crippen LogP contribution in [0.25, 0.3) is 21.8 Å². The standard InChI is InChI=1S/C30H37F3N4O3S.C28H29F5N2O3.C8H12N2OS.2CH4.ClH/c1-17-13-25(41-4)23(27(38)35-17)14-34-28(39)26-19(3)37(24-8-6-5-7-22(24)26)18(2)20-9-11-21(12-10-20)36-29(15-40-16-29)30(31,32)33;1-14(16-8-10-17(11-9-16)34-28(3)12-37-13-28)35-15(2)20(18-6-4-5-7-19(18)35)27(36)38-26-24(32)22(30)21(29)23(31)25(26)33;1-5-3-7(12-2)6(4-9)8(11)10-5;;;/h5-8,13,18,20-21,36H,9-12,14-16H2,1-4H3,(H,34,39)(H,35,38);4-7,14,16-17,34H,8-13H2,1-3H3;3H,4,9H2,1-2H3,(H,10,11);2*1H4;1H/t18-,20?,21?;14-,16?,17?;;;;/m11..../s1. The Hall–Kier alpha value is -6.19. The van der Waals surface area contributed by atoms with Gasteiger partial charge in [0.1, 0.15) is 0 Å². The number of amides is 1. The molecule has 0 radical (unpaired) electrons. The fourth-order valence-corrected chi connectivity index (χ4v) is 14.9. The summed E-state index contributed by atoms with van der Waals surface area (Å²) in [6.07, 6.45) is 6.31. The minimum atomic E-state index is -4.34. The molecule has 2 aliphatic heterocycles. The van der Waals surface area contributed by atoms with E-state index in [1.54, 1.807) is 30.8 Å². The third kappa shape index (κ3) is 15.8. The Labute approximate surface area is 557 Å². The van der Waals surface area contributed by atoms with Gasteiger partial charge in [-0.15, -0.1) is 35.9 Å². The summed E-state index contributed by atoms with van der Waals surface area (Å²) in [5, 5.41) is 10.9. The molecule has 4 aromatic heterocycles. The van der Waals surface area contributed by atoms with Gasteiger partial charge in [-0.1, -0.05) is 51.3 Å². The lowest BCUT2D eigenvalue weighted by molar-refractivity contribution is -0.270. The van der Waals surface area contributed by atoms with Gasteiger partial charge in [0.05, 0.1) is 43.1 Å². The molecule has 11 rings (SSSR count). The summed E-state index contributed by atoms with van der Waals surface area (Å²) in [5.74, 6) is -13.6. The van der Waals surface area contributed by atoms with Crippen molar-refractivity contribution in [3.05, 3.63) is 155 Å². The van der Waals surface area contributed by atoms with E-state index in [2.05, 4.69) is 51.3 Å². The highest BCUT2D eigenvalue weighted by Crippen LogP contribution is 2.43. The van der Waals surface area contributed by atoms with Crippen LogP contribution in [0.1, 0.15) is 154 Å². The van der Waals surface area contributed by atoms with Gasteiger partial charge in [-0.2, -0.15) is 22.0 Å². The zero-order valence-corrected chi connectivity index (χ0v) is 55.2. The number of hydrogen-bond donors (Lipinski definition) is 6. The molecule has 2 saturated heterocycles. The number of para-hydroxylation sites is 2. The van der Waals surface area contributed by atoms with Crippen molar-refractivity contribution in [2.75, 3.05) is 38.9 Å². The summed E-state index contributed by atoms with van der Waals surface area (Å²) < 4.78 is 129. The smallest absolute Gasteiger partial charge is 0.411 e. The molecule has 6 heterocycles. The molecule has 1 amide bonds. The van der Waals surface area contributed by atoms with Crippen molar-refractivity contribution in [2.24, 2.45) is 17.6 Å². The van der Waals surface area contributed by atoms with Crippen LogP contribution in [0.15, 0.2) is 80.0 Å². The van der Waals surface area contributed by atoms with E-state index in [-0.39, 0.29) is 99.2 Å². The van der Waals surface area contributed by atoms with Crippen LogP contribution < -0.4 is 37.5 Å². The van der Waals surface area contributed by atoms with Crippen LogP contribution >= 0.6 is 35.9 Å². The number of carbonyl (C=O) groups excluding carboxylic acids is 2. The van der Waals surface area contributed by atoms with Crippen LogP contribution in [-0.4, -0.2) is 99.3 Å². The number of fused-ring (bicyclic) bond motifs is 2. The van der Waals surface area contributed by atoms with E-state index in [0.717, 1.165) is 81.8 Å². The van der Waals surface area contributed by atoms with E-state index in [4.69, 9.17) is 19.9 Å². The van der Waals surface area contributed by atoms with Crippen LogP contribution in [-0.2, 0) is 22.6 Å². The summed E-state index contributed by atoms with van der Waals surface area (Å²) in [4.78, 5) is 58.0. The van der Waals surface area contributed by atoms with Crippen LogP contribution in [0.2, 0.25) is 0 Å². The number of H-pyrrole nitrogens is 2. The first kappa shape index (κ1) is 76.8. The Bertz CT molecular complexity index is 3920. The number of aryl methyl sites for hydroxylation is 2. The van der Waals surface area contributed by atoms with Gasteiger partial charge in [0.2, 0.25) is 34.8 Å². The molecule has 3 aromatic carbocycles. The van der Waals surface area contributed by atoms with Crippen molar-refractivity contribution < 1.29 is 58.9 Å². The molecule has 94 heavy (non-hydrogen) atoms. The van der Waals surface area contributed by atoms with Gasteiger partial charge in [-0.05, 0) is 148 Å². The molecule has 7 N–H and O–H groups in total. The molecule has 516 valence electrons. The first-order valence-corrected chi connectivity index (χ1v) is 32.8. The largest absolute Gasteiger partial charge is 0.416 e. The predicted octanol–water partition coefficient (Wildman–Crippen LogP) is 14.6. The minimum absolute atomic E-state index is 0. The molecule has 2 atom stereocenters. The lowest BCUT2D eigenvalue weighted by atomic mass is 9.80. The van der Waals surface area contributed by atoms with E-state index in [0.29, 0.717) is 72.3 Å². The van der Waals surface area contributed by atoms with E-state index in [1.807, 2.05) is 86.4 Å². The molecule has 4 fully saturated rings. The normalized spacial score (nSPS) is 19.5. The fraction of sp³-hybridized carbons (Fsp3) is 0.500. The second kappa shape index (κ2) is 31.8. The summed E-state index contributed by atoms with van der Waals surface area (Å²) >= 11 is 3.02. The maximum Gasteiger partial charge on any atom is 0.411 e. The summed E-state index contributed by atoms with van der Waals surface area (Å²) in [6, 6.07) is 18.9. The third-order valence-corrected chi connectivity index (χ3v) is 20.1. The SMILES string of the molecule is C.C.CSc1cc(C)[nH]c(=O)c1CN.CSc1cc(C)[nH]c(=O)c1CNC(=O)c1c(C)n([C@H](C)C2CCC(NC3(C(F)(F)F)COC3)CC2)c2ccccc12.Cc1c(C(=O)Oc2c(F)c(F)c(F)c(F)c2F)c2ccccc2n1[C@H](C)C1CCC(NC2(C)COC2)CC1.Cl. The molecule has 0 unspecified atom stereocenters. The zero-order chi connectivity index (χ0) is 66.0. The molecule has 2 aliphatic carbocycles. The van der Waals surface area contributed by atoms with Crippen molar-refractivity contribution in [2.45, 2.75) is 179 Å². The maximum atomic E-state index is 14.2. The number of halogens is 9. The van der Waals surface area contributed by atoms with Gasteiger partial charge in [-0.3, -0.25) is 19.7 Å². The first-order chi connectivity index (χ1) is 43.2. The molecule has 0 spiro atoms. The lowest BCUT2D eigenvalue weighted by Gasteiger charge is -2.46. The number of esters is 1. The van der Waals surface area contributed by atoms with E-state index >= 15 is 0 Å². The number of ether oxygens (including phenoxy) is 3. The number of alkyl halides is 3. The number of hydrogen-bond acceptors (Lipinski definition) is 12. The van der Waals surface area contributed by atoms with Crippen molar-refractivity contribution in [3.8, 4) is 5.75 Å². The number of nitrogens with zero attached hydrogens (tertiary/aromatic N) is 2. The Balaban J connectivity index is 0.000000247.